The Kier molecular flexibility index (Phi) is 6.71. The molecule has 0 saturated carbocycles. The molecule has 1 heterocycles. The molecule has 8 nitrogen and oxygen atoms in total. The van der Waals surface area contributed by atoms with Crippen molar-refractivity contribution in [3.63, 3.8) is 0 Å². The van der Waals surface area contributed by atoms with Crippen LogP contribution in [0.15, 0.2) is 24.3 Å². The fourth-order valence-electron chi connectivity index (χ4n) is 2.61. The van der Waals surface area contributed by atoms with E-state index in [4.69, 9.17) is 4.74 Å². The lowest BCUT2D eigenvalue weighted by Gasteiger charge is -2.16. The van der Waals surface area contributed by atoms with Crippen molar-refractivity contribution in [1.82, 2.24) is 10.6 Å². The minimum absolute atomic E-state index is 0.0224. The Morgan fingerprint density at radius 2 is 2.08 bits per heavy atom. The van der Waals surface area contributed by atoms with E-state index in [1.54, 1.807) is 43.0 Å². The van der Waals surface area contributed by atoms with Crippen LogP contribution in [0.3, 0.4) is 0 Å². The number of benzene rings is 1. The van der Waals surface area contributed by atoms with Crippen molar-refractivity contribution in [3.05, 3.63) is 29.8 Å². The number of hydrogen-bond acceptors (Lipinski definition) is 5. The molecule has 1 aromatic carbocycles. The van der Waals surface area contributed by atoms with Crippen LogP contribution in [-0.4, -0.2) is 49.4 Å². The fraction of sp³-hybridized carbons (Fsp3) is 0.444. The molecule has 1 atom stereocenters. The van der Waals surface area contributed by atoms with E-state index < -0.39 is 24.5 Å². The average molecular weight is 361 g/mol. The summed E-state index contributed by atoms with van der Waals surface area (Å²) in [5, 5.41) is 5.04. The molecule has 1 aliphatic heterocycles. The maximum atomic E-state index is 12.1. The van der Waals surface area contributed by atoms with Crippen LogP contribution in [-0.2, 0) is 19.1 Å². The van der Waals surface area contributed by atoms with Crippen LogP contribution in [0.4, 0.5) is 5.69 Å². The molecule has 0 aliphatic carbocycles. The number of anilines is 1. The molecular weight excluding hydrogens is 338 g/mol. The Bertz CT molecular complexity index is 704. The highest BCUT2D eigenvalue weighted by atomic mass is 16.5. The lowest BCUT2D eigenvalue weighted by molar-refractivity contribution is -0.130. The molecule has 1 aromatic rings. The third-order valence-electron chi connectivity index (χ3n) is 3.92. The zero-order valence-corrected chi connectivity index (χ0v) is 14.9. The van der Waals surface area contributed by atoms with Crippen molar-refractivity contribution >= 4 is 29.4 Å². The molecule has 0 spiro atoms. The molecular formula is C18H23N3O5. The largest absolute Gasteiger partial charge is 0.452 e. The topological polar surface area (TPSA) is 105 Å². The van der Waals surface area contributed by atoms with Gasteiger partial charge in [0, 0.05) is 25.2 Å². The van der Waals surface area contributed by atoms with Gasteiger partial charge < -0.3 is 20.3 Å². The first-order chi connectivity index (χ1) is 12.4. The Balaban J connectivity index is 1.89. The van der Waals surface area contributed by atoms with Gasteiger partial charge in [0.2, 0.25) is 11.8 Å². The Hall–Kier alpha value is -2.90. The van der Waals surface area contributed by atoms with Crippen molar-refractivity contribution in [3.8, 4) is 0 Å². The summed E-state index contributed by atoms with van der Waals surface area (Å²) in [5.74, 6) is -1.52. The van der Waals surface area contributed by atoms with E-state index in [2.05, 4.69) is 10.6 Å². The van der Waals surface area contributed by atoms with E-state index in [9.17, 15) is 19.2 Å². The van der Waals surface area contributed by atoms with Gasteiger partial charge in [-0.1, -0.05) is 6.07 Å². The van der Waals surface area contributed by atoms with Gasteiger partial charge in [0.1, 0.15) is 6.04 Å². The fourth-order valence-corrected chi connectivity index (χ4v) is 2.61. The lowest BCUT2D eigenvalue weighted by atomic mass is 10.2. The third-order valence-corrected chi connectivity index (χ3v) is 3.92. The number of amides is 3. The van der Waals surface area contributed by atoms with Crippen LogP contribution in [0.5, 0.6) is 0 Å². The maximum Gasteiger partial charge on any atom is 0.338 e. The normalized spacial score (nSPS) is 14.7. The van der Waals surface area contributed by atoms with E-state index in [0.717, 1.165) is 6.42 Å². The van der Waals surface area contributed by atoms with Crippen LogP contribution in [0, 0.1) is 0 Å². The third kappa shape index (κ3) is 5.05. The second-order valence-electron chi connectivity index (χ2n) is 5.96. The number of rotatable bonds is 7. The van der Waals surface area contributed by atoms with Gasteiger partial charge in [-0.25, -0.2) is 4.79 Å². The molecule has 0 bridgehead atoms. The van der Waals surface area contributed by atoms with E-state index in [-0.39, 0.29) is 17.4 Å². The average Bonchev–Trinajstić information content (AvgIpc) is 3.06. The van der Waals surface area contributed by atoms with Gasteiger partial charge >= 0.3 is 5.97 Å². The van der Waals surface area contributed by atoms with Crippen molar-refractivity contribution in [2.45, 2.75) is 32.7 Å². The predicted octanol–water partition coefficient (Wildman–Crippen LogP) is 0.611. The second-order valence-corrected chi connectivity index (χ2v) is 5.96. The predicted molar refractivity (Wildman–Crippen MR) is 94.6 cm³/mol. The summed E-state index contributed by atoms with van der Waals surface area (Å²) in [4.78, 5) is 48.9. The first-order valence-corrected chi connectivity index (χ1v) is 8.57. The second kappa shape index (κ2) is 8.98. The Morgan fingerprint density at radius 3 is 2.73 bits per heavy atom. The van der Waals surface area contributed by atoms with Crippen molar-refractivity contribution in [2.24, 2.45) is 0 Å². The molecule has 8 heteroatoms. The van der Waals surface area contributed by atoms with Crippen molar-refractivity contribution in [1.29, 1.82) is 0 Å². The maximum absolute atomic E-state index is 12.1. The molecule has 1 aliphatic rings. The minimum Gasteiger partial charge on any atom is -0.452 e. The molecule has 1 fully saturated rings. The minimum atomic E-state index is -0.717. The molecule has 2 N–H and O–H groups in total. The number of esters is 1. The number of carbonyl (C=O) groups is 4. The van der Waals surface area contributed by atoms with E-state index in [1.807, 2.05) is 0 Å². The molecule has 3 amide bonds. The van der Waals surface area contributed by atoms with Gasteiger partial charge in [0.05, 0.1) is 5.56 Å². The summed E-state index contributed by atoms with van der Waals surface area (Å²) in [5.41, 5.74) is 0.892. The smallest absolute Gasteiger partial charge is 0.338 e. The molecule has 140 valence electrons. The monoisotopic (exact) mass is 361 g/mol. The summed E-state index contributed by atoms with van der Waals surface area (Å²) in [7, 11) is 0. The van der Waals surface area contributed by atoms with Gasteiger partial charge in [-0.15, -0.1) is 0 Å². The van der Waals surface area contributed by atoms with Crippen LogP contribution in [0.2, 0.25) is 0 Å². The SMILES string of the molecule is CCNC(=O)[C@@H](C)NC(=O)COC(=O)c1cccc(N2CCCC2=O)c1. The van der Waals surface area contributed by atoms with Gasteiger partial charge in [-0.2, -0.15) is 0 Å². The first-order valence-electron chi connectivity index (χ1n) is 8.57. The quantitative estimate of drug-likeness (QED) is 0.693. The summed E-state index contributed by atoms with van der Waals surface area (Å²) in [6.07, 6.45) is 1.29. The molecule has 26 heavy (non-hydrogen) atoms. The van der Waals surface area contributed by atoms with Crippen LogP contribution in [0.1, 0.15) is 37.0 Å². The number of carbonyl (C=O) groups excluding carboxylic acids is 4. The summed E-state index contributed by atoms with van der Waals surface area (Å²) in [6.45, 7) is 3.91. The van der Waals surface area contributed by atoms with Gasteiger partial charge in [-0.05, 0) is 38.5 Å². The van der Waals surface area contributed by atoms with Crippen LogP contribution >= 0.6 is 0 Å². The van der Waals surface area contributed by atoms with Crippen LogP contribution in [0.25, 0.3) is 0 Å². The number of ether oxygens (including phenoxy) is 1. The van der Waals surface area contributed by atoms with Crippen molar-refractivity contribution < 1.29 is 23.9 Å². The first kappa shape index (κ1) is 19.4. The molecule has 0 unspecified atom stereocenters. The molecule has 0 radical (unpaired) electrons. The summed E-state index contributed by atoms with van der Waals surface area (Å²) in [6, 6.07) is 5.82. The van der Waals surface area contributed by atoms with E-state index in [1.165, 1.54) is 0 Å². The highest BCUT2D eigenvalue weighted by molar-refractivity contribution is 5.98. The zero-order valence-electron chi connectivity index (χ0n) is 14.9. The van der Waals surface area contributed by atoms with E-state index >= 15 is 0 Å². The standard InChI is InChI=1S/C18H23N3O5/c1-3-19-17(24)12(2)20-15(22)11-26-18(25)13-6-4-7-14(10-13)21-9-5-8-16(21)23/h4,6-7,10,12H,3,5,8-9,11H2,1-2H3,(H,19,24)(H,20,22)/t12-/m1/s1. The Labute approximate surface area is 151 Å². The lowest BCUT2D eigenvalue weighted by Crippen LogP contribution is -2.46. The van der Waals surface area contributed by atoms with Gasteiger partial charge in [0.15, 0.2) is 6.61 Å². The zero-order chi connectivity index (χ0) is 19.1. The van der Waals surface area contributed by atoms with Gasteiger partial charge in [0.25, 0.3) is 5.91 Å². The summed E-state index contributed by atoms with van der Waals surface area (Å²) >= 11 is 0. The number of nitrogens with one attached hydrogen (secondary N) is 2. The summed E-state index contributed by atoms with van der Waals surface area (Å²) < 4.78 is 4.99. The highest BCUT2D eigenvalue weighted by Crippen LogP contribution is 2.22. The number of likely N-dealkylation sites (N-methyl/N-ethyl adjacent to an activating group) is 1. The van der Waals surface area contributed by atoms with Crippen LogP contribution < -0.4 is 15.5 Å². The molecule has 2 rings (SSSR count). The highest BCUT2D eigenvalue weighted by Gasteiger charge is 2.23. The van der Waals surface area contributed by atoms with Crippen molar-refractivity contribution in [2.75, 3.05) is 24.6 Å². The Morgan fingerprint density at radius 1 is 1.31 bits per heavy atom. The van der Waals surface area contributed by atoms with E-state index in [0.29, 0.717) is 25.2 Å². The van der Waals surface area contributed by atoms with Gasteiger partial charge in [-0.3, -0.25) is 14.4 Å². The number of hydrogen-bond donors (Lipinski definition) is 2. The number of nitrogens with zero attached hydrogens (tertiary/aromatic N) is 1. The molecule has 0 aromatic heterocycles. The molecule has 1 saturated heterocycles.